The molecular formula is H2Na2S2Ti2-2. The van der Waals surface area contributed by atoms with E-state index in [9.17, 15) is 0 Å². The monoisotopic (exact) mass is 208 g/mol. The molecule has 6 heavy (non-hydrogen) atoms. The van der Waals surface area contributed by atoms with Crippen LogP contribution in [0.3, 0.4) is 0 Å². The molecule has 0 aromatic heterocycles. The first-order valence-electron chi connectivity index (χ1n) is 0.167. The molecule has 0 aliphatic rings. The molecule has 0 aliphatic heterocycles. The van der Waals surface area contributed by atoms with Crippen LogP contribution >= 0.6 is 0 Å². The van der Waals surface area contributed by atoms with Gasteiger partial charge in [0.05, 0.1) is 0 Å². The predicted octanol–water partition coefficient (Wildman–Crippen LogP) is -5.78. The average molecular weight is 208 g/mol. The van der Waals surface area contributed by atoms with Crippen molar-refractivity contribution in [3.8, 4) is 0 Å². The van der Waals surface area contributed by atoms with Crippen molar-refractivity contribution in [3.05, 3.63) is 0 Å². The average Bonchev–Trinajstić information content (AvgIpc) is 1.00. The Morgan fingerprint density at radius 2 is 0.833 bits per heavy atom. The van der Waals surface area contributed by atoms with Crippen molar-refractivity contribution in [1.29, 1.82) is 0 Å². The second-order valence-electron chi connectivity index (χ2n) is 0. The van der Waals surface area contributed by atoms with Crippen molar-refractivity contribution < 1.29 is 105 Å². The summed E-state index contributed by atoms with van der Waals surface area (Å²) in [7, 11) is 0. The first kappa shape index (κ1) is 32.1. The van der Waals surface area contributed by atoms with Crippen LogP contribution in [0.25, 0.3) is 0 Å². The maximum absolute atomic E-state index is 3.67. The Hall–Kier alpha value is 4.13. The second-order valence-corrected chi connectivity index (χ2v) is 0. The van der Waals surface area contributed by atoms with E-state index in [1.807, 2.05) is 0 Å². The summed E-state index contributed by atoms with van der Waals surface area (Å²) in [6, 6.07) is 0. The van der Waals surface area contributed by atoms with E-state index in [2.05, 4.69) is 23.3 Å². The van der Waals surface area contributed by atoms with E-state index < -0.39 is 0 Å². The summed E-state index contributed by atoms with van der Waals surface area (Å²) in [6.07, 6.45) is 0. The zero-order valence-electron chi connectivity index (χ0n) is 5.82. The fraction of sp³-hybridized carbons (Fsp3) is 0. The van der Waals surface area contributed by atoms with Crippen LogP contribution in [0.15, 0.2) is 0 Å². The summed E-state index contributed by atoms with van der Waals surface area (Å²) in [5.41, 5.74) is 0. The molecular weight excluding hydrogens is 206 g/mol. The Bertz CT molecular complexity index is 16.0. The molecule has 0 spiro atoms. The molecule has 0 saturated heterocycles. The molecule has 0 fully saturated rings. The van der Waals surface area contributed by atoms with E-state index in [4.69, 9.17) is 0 Å². The van der Waals surface area contributed by atoms with Crippen molar-refractivity contribution in [2.75, 3.05) is 0 Å². The SMILES string of the molecule is [H-].[H-].[Na+].[Na+].[S-][S-].[Ti].[Ti]. The minimum absolute atomic E-state index is 0. The van der Waals surface area contributed by atoms with Gasteiger partial charge in [-0.1, -0.05) is 0 Å². The van der Waals surface area contributed by atoms with E-state index in [0.29, 0.717) is 0 Å². The summed E-state index contributed by atoms with van der Waals surface area (Å²) >= 11 is 7.33. The molecule has 6 heteroatoms. The third-order valence-electron chi connectivity index (χ3n) is 0. The molecule has 0 radical (unpaired) electrons. The predicted molar refractivity (Wildman–Crippen MR) is 17.0 cm³/mol. The van der Waals surface area contributed by atoms with Crippen LogP contribution in [0.5, 0.6) is 0 Å². The standard InChI is InChI=1S/2Na.S2.2Ti.2H/c;;1-2;;;;/q2*+1;-2;;;2*-1. The topological polar surface area (TPSA) is 0 Å². The number of hydrogen-bond donors (Lipinski definition) is 0. The van der Waals surface area contributed by atoms with Gasteiger partial charge in [0.15, 0.2) is 0 Å². The Kier molecular flexibility index (Phi) is 189. The van der Waals surface area contributed by atoms with E-state index >= 15 is 0 Å². The van der Waals surface area contributed by atoms with Crippen LogP contribution < -0.4 is 59.1 Å². The molecule has 26 valence electrons. The van der Waals surface area contributed by atoms with Gasteiger partial charge >= 0.3 is 59.1 Å². The molecule has 0 nitrogen and oxygen atoms in total. The maximum Gasteiger partial charge on any atom is 1.00 e. The van der Waals surface area contributed by atoms with Gasteiger partial charge in [-0.25, -0.2) is 0 Å². The van der Waals surface area contributed by atoms with Crippen molar-refractivity contribution in [2.45, 2.75) is 0 Å². The molecule has 0 amide bonds. The summed E-state index contributed by atoms with van der Waals surface area (Å²) in [5, 5.41) is 0. The molecule has 0 heterocycles. The van der Waals surface area contributed by atoms with Gasteiger partial charge in [-0.2, -0.15) is 0 Å². The largest absolute Gasteiger partial charge is 1.00 e. The van der Waals surface area contributed by atoms with E-state index in [-0.39, 0.29) is 105 Å². The molecule has 0 rings (SSSR count). The van der Waals surface area contributed by atoms with Crippen LogP contribution in [0.1, 0.15) is 2.85 Å². The zero-order valence-corrected chi connectivity index (χ0v) is 12.6. The molecule has 0 N–H and O–H groups in total. The van der Waals surface area contributed by atoms with Crippen molar-refractivity contribution in [2.24, 2.45) is 0 Å². The maximum atomic E-state index is 3.67. The molecule has 0 aromatic carbocycles. The first-order chi connectivity index (χ1) is 1.00. The normalized spacial score (nSPS) is 1.00. The first-order valence-corrected chi connectivity index (χ1v) is 1.50. The van der Waals surface area contributed by atoms with Crippen molar-refractivity contribution in [3.63, 3.8) is 0 Å². The van der Waals surface area contributed by atoms with Crippen LogP contribution in [0.2, 0.25) is 0 Å². The number of rotatable bonds is 0. The molecule has 0 bridgehead atoms. The van der Waals surface area contributed by atoms with E-state index in [1.54, 1.807) is 0 Å². The second kappa shape index (κ2) is 35.4. The van der Waals surface area contributed by atoms with Gasteiger partial charge < -0.3 is 26.2 Å². The van der Waals surface area contributed by atoms with Gasteiger partial charge in [-0.15, -0.1) is 0 Å². The van der Waals surface area contributed by atoms with Gasteiger partial charge in [-0.05, 0) is 0 Å². The molecule has 0 unspecified atom stereocenters. The number of hydrogen-bond acceptors (Lipinski definition) is 2. The third-order valence-corrected chi connectivity index (χ3v) is 0. The molecule has 0 atom stereocenters. The summed E-state index contributed by atoms with van der Waals surface area (Å²) < 4.78 is 0. The Labute approximate surface area is 126 Å². The zero-order chi connectivity index (χ0) is 2.00. The van der Waals surface area contributed by atoms with Gasteiger partial charge in [0.1, 0.15) is 0 Å². The molecule has 0 aromatic rings. The van der Waals surface area contributed by atoms with Crippen LogP contribution in [-0.2, 0) is 66.8 Å². The van der Waals surface area contributed by atoms with E-state index in [1.165, 1.54) is 0 Å². The van der Waals surface area contributed by atoms with Crippen molar-refractivity contribution in [1.82, 2.24) is 0 Å². The van der Waals surface area contributed by atoms with Crippen molar-refractivity contribution >= 4 is 23.3 Å². The Morgan fingerprint density at radius 1 is 0.833 bits per heavy atom. The van der Waals surface area contributed by atoms with Gasteiger partial charge in [0.25, 0.3) is 0 Å². The molecule has 0 saturated carbocycles. The minimum atomic E-state index is 0. The minimum Gasteiger partial charge on any atom is -1.00 e. The van der Waals surface area contributed by atoms with Crippen LogP contribution in [0, 0.1) is 0 Å². The van der Waals surface area contributed by atoms with Gasteiger partial charge in [-0.3, -0.25) is 0 Å². The summed E-state index contributed by atoms with van der Waals surface area (Å²) in [4.78, 5) is 0. The van der Waals surface area contributed by atoms with Gasteiger partial charge in [0, 0.05) is 43.4 Å². The molecule has 0 aliphatic carbocycles. The van der Waals surface area contributed by atoms with Crippen LogP contribution in [-0.4, -0.2) is 0 Å². The smallest absolute Gasteiger partial charge is 1.00 e. The van der Waals surface area contributed by atoms with Gasteiger partial charge in [0.2, 0.25) is 0 Å². The Balaban J connectivity index is -0.000000000333. The fourth-order valence-corrected chi connectivity index (χ4v) is 0. The van der Waals surface area contributed by atoms with Crippen LogP contribution in [0.4, 0.5) is 0 Å². The fourth-order valence-electron chi connectivity index (χ4n) is 0. The third kappa shape index (κ3) is 24.2. The summed E-state index contributed by atoms with van der Waals surface area (Å²) in [6.45, 7) is 0. The Morgan fingerprint density at radius 3 is 0.833 bits per heavy atom. The summed E-state index contributed by atoms with van der Waals surface area (Å²) in [5.74, 6) is 0. The van der Waals surface area contributed by atoms with E-state index in [0.717, 1.165) is 0 Å². The quantitative estimate of drug-likeness (QED) is 0.221.